The second kappa shape index (κ2) is 4.64. The van der Waals surface area contributed by atoms with Gasteiger partial charge in [0.1, 0.15) is 0 Å². The average molecular weight is 241 g/mol. The van der Waals surface area contributed by atoms with Crippen LogP contribution in [-0.4, -0.2) is 20.7 Å². The number of hydrogen-bond acceptors (Lipinski definition) is 3. The van der Waals surface area contributed by atoms with Crippen molar-refractivity contribution in [1.29, 1.82) is 0 Å². The summed E-state index contributed by atoms with van der Waals surface area (Å²) in [6, 6.07) is 10.3. The lowest BCUT2D eigenvalue weighted by atomic mass is 9.96. The fourth-order valence-electron chi connectivity index (χ4n) is 2.44. The van der Waals surface area contributed by atoms with Gasteiger partial charge in [-0.05, 0) is 24.0 Å². The molecule has 0 bridgehead atoms. The van der Waals surface area contributed by atoms with Crippen molar-refractivity contribution in [3.8, 4) is 0 Å². The largest absolute Gasteiger partial charge is 0.411 e. The van der Waals surface area contributed by atoms with Gasteiger partial charge in [0.25, 0.3) is 0 Å². The van der Waals surface area contributed by atoms with Gasteiger partial charge in [0.2, 0.25) is 0 Å². The summed E-state index contributed by atoms with van der Waals surface area (Å²) in [6.07, 6.45) is 4.34. The lowest BCUT2D eigenvalue weighted by molar-refractivity contribution is 0.316. The van der Waals surface area contributed by atoms with E-state index < -0.39 is 0 Å². The van der Waals surface area contributed by atoms with E-state index in [0.717, 1.165) is 31.5 Å². The first-order valence-corrected chi connectivity index (χ1v) is 6.14. The van der Waals surface area contributed by atoms with Crippen LogP contribution in [0.25, 0.3) is 0 Å². The number of hydrogen-bond donors (Lipinski definition) is 1. The van der Waals surface area contributed by atoms with Crippen LogP contribution in [0, 0.1) is 0 Å². The van der Waals surface area contributed by atoms with Crippen molar-refractivity contribution in [1.82, 2.24) is 9.78 Å². The summed E-state index contributed by atoms with van der Waals surface area (Å²) >= 11 is 0. The van der Waals surface area contributed by atoms with E-state index in [1.165, 1.54) is 16.8 Å². The maximum Gasteiger partial charge on any atom is 0.0662 e. The minimum Gasteiger partial charge on any atom is -0.411 e. The predicted molar refractivity (Wildman–Crippen MR) is 69.0 cm³/mol. The average Bonchev–Trinajstić information content (AvgIpc) is 2.82. The number of aromatic nitrogens is 2. The zero-order valence-corrected chi connectivity index (χ0v) is 10.1. The van der Waals surface area contributed by atoms with Gasteiger partial charge in [0, 0.05) is 12.1 Å². The predicted octanol–water partition coefficient (Wildman–Crippen LogP) is 2.25. The molecule has 0 atom stereocenters. The van der Waals surface area contributed by atoms with E-state index in [4.69, 9.17) is 5.21 Å². The van der Waals surface area contributed by atoms with Gasteiger partial charge in [-0.2, -0.15) is 5.10 Å². The maximum atomic E-state index is 8.82. The summed E-state index contributed by atoms with van der Waals surface area (Å²) in [5.41, 5.74) is 4.56. The molecule has 1 N–H and O–H groups in total. The molecule has 0 radical (unpaired) electrons. The third kappa shape index (κ3) is 2.01. The summed E-state index contributed by atoms with van der Waals surface area (Å²) in [7, 11) is 0. The Bertz CT molecular complexity index is 572. The molecule has 3 rings (SSSR count). The first-order valence-electron chi connectivity index (χ1n) is 6.14. The van der Waals surface area contributed by atoms with Crippen molar-refractivity contribution < 1.29 is 5.21 Å². The highest BCUT2D eigenvalue weighted by Crippen LogP contribution is 2.20. The molecule has 1 heterocycles. The van der Waals surface area contributed by atoms with Crippen LogP contribution < -0.4 is 0 Å². The highest BCUT2D eigenvalue weighted by Gasteiger charge is 2.19. The van der Waals surface area contributed by atoms with Gasteiger partial charge in [0.15, 0.2) is 0 Å². The third-order valence-electron chi connectivity index (χ3n) is 3.40. The Morgan fingerprint density at radius 3 is 2.83 bits per heavy atom. The van der Waals surface area contributed by atoms with Crippen LogP contribution in [0.15, 0.2) is 41.7 Å². The molecule has 92 valence electrons. The van der Waals surface area contributed by atoms with Gasteiger partial charge in [-0.25, -0.2) is 0 Å². The molecule has 0 aliphatic heterocycles. The monoisotopic (exact) mass is 241 g/mol. The molecule has 2 aromatic rings. The fraction of sp³-hybridized carbons (Fsp3) is 0.286. The maximum absolute atomic E-state index is 8.82. The summed E-state index contributed by atoms with van der Waals surface area (Å²) in [6.45, 7) is 0.807. The molecular formula is C14H15N3O. The topological polar surface area (TPSA) is 50.4 Å². The second-order valence-corrected chi connectivity index (χ2v) is 4.60. The fourth-order valence-corrected chi connectivity index (χ4v) is 2.44. The lowest BCUT2D eigenvalue weighted by Crippen LogP contribution is -2.16. The molecule has 0 spiro atoms. The minimum atomic E-state index is 0.723. The van der Waals surface area contributed by atoms with E-state index in [2.05, 4.69) is 27.1 Å². The van der Waals surface area contributed by atoms with Crippen LogP contribution in [0.4, 0.5) is 0 Å². The van der Waals surface area contributed by atoms with Crippen molar-refractivity contribution in [3.63, 3.8) is 0 Å². The first kappa shape index (κ1) is 11.0. The molecular weight excluding hydrogens is 226 g/mol. The second-order valence-electron chi connectivity index (χ2n) is 4.60. The molecule has 4 nitrogen and oxygen atoms in total. The number of benzene rings is 1. The molecule has 1 aliphatic carbocycles. The van der Waals surface area contributed by atoms with Gasteiger partial charge in [-0.3, -0.25) is 4.68 Å². The third-order valence-corrected chi connectivity index (χ3v) is 3.40. The molecule has 0 saturated carbocycles. The molecule has 1 aliphatic rings. The van der Waals surface area contributed by atoms with Crippen LogP contribution in [0.3, 0.4) is 0 Å². The Morgan fingerprint density at radius 2 is 2.06 bits per heavy atom. The van der Waals surface area contributed by atoms with Gasteiger partial charge in [-0.1, -0.05) is 35.5 Å². The highest BCUT2D eigenvalue weighted by molar-refractivity contribution is 5.87. The van der Waals surface area contributed by atoms with Gasteiger partial charge < -0.3 is 5.21 Å². The van der Waals surface area contributed by atoms with E-state index in [9.17, 15) is 0 Å². The van der Waals surface area contributed by atoms with Crippen molar-refractivity contribution in [2.45, 2.75) is 25.8 Å². The molecule has 4 heteroatoms. The Hall–Kier alpha value is -2.10. The number of oxime groups is 1. The van der Waals surface area contributed by atoms with Crippen LogP contribution >= 0.6 is 0 Å². The zero-order valence-electron chi connectivity index (χ0n) is 10.1. The Kier molecular flexibility index (Phi) is 2.84. The molecule has 1 aromatic carbocycles. The van der Waals surface area contributed by atoms with Crippen LogP contribution in [-0.2, 0) is 19.4 Å². The van der Waals surface area contributed by atoms with E-state index in [-0.39, 0.29) is 0 Å². The Labute approximate surface area is 106 Å². The molecule has 1 aromatic heterocycles. The minimum absolute atomic E-state index is 0.723. The SMILES string of the molecule is ON=C1CCc2c(cnn2Cc2ccccc2)C1. The van der Waals surface area contributed by atoms with Crippen molar-refractivity contribution in [2.24, 2.45) is 5.16 Å². The molecule has 0 amide bonds. The Morgan fingerprint density at radius 1 is 1.22 bits per heavy atom. The van der Waals surface area contributed by atoms with Crippen molar-refractivity contribution in [2.75, 3.05) is 0 Å². The summed E-state index contributed by atoms with van der Waals surface area (Å²) in [5.74, 6) is 0. The lowest BCUT2D eigenvalue weighted by Gasteiger charge is -2.15. The van der Waals surface area contributed by atoms with E-state index in [1.54, 1.807) is 0 Å². The van der Waals surface area contributed by atoms with Gasteiger partial charge in [-0.15, -0.1) is 0 Å². The zero-order chi connectivity index (χ0) is 12.4. The summed E-state index contributed by atoms with van der Waals surface area (Å²) < 4.78 is 2.05. The smallest absolute Gasteiger partial charge is 0.0662 e. The first-order chi connectivity index (χ1) is 8.86. The van der Waals surface area contributed by atoms with Crippen LogP contribution in [0.5, 0.6) is 0 Å². The van der Waals surface area contributed by atoms with E-state index in [0.29, 0.717) is 0 Å². The molecule has 0 fully saturated rings. The van der Waals surface area contributed by atoms with Crippen LogP contribution in [0.2, 0.25) is 0 Å². The van der Waals surface area contributed by atoms with Crippen LogP contribution in [0.1, 0.15) is 23.2 Å². The van der Waals surface area contributed by atoms with E-state index in [1.807, 2.05) is 24.4 Å². The molecule has 18 heavy (non-hydrogen) atoms. The molecule has 0 unspecified atom stereocenters. The van der Waals surface area contributed by atoms with Crippen molar-refractivity contribution >= 4 is 5.71 Å². The van der Waals surface area contributed by atoms with Gasteiger partial charge in [0.05, 0.1) is 18.5 Å². The summed E-state index contributed by atoms with van der Waals surface area (Å²) in [5, 5.41) is 16.6. The normalized spacial score (nSPS) is 16.8. The number of rotatable bonds is 2. The standard InChI is InChI=1S/C14H15N3O/c18-16-13-6-7-14-12(8-13)9-15-17(14)10-11-4-2-1-3-5-11/h1-5,9,18H,6-8,10H2. The molecule has 0 saturated heterocycles. The highest BCUT2D eigenvalue weighted by atomic mass is 16.4. The Balaban J connectivity index is 1.86. The van der Waals surface area contributed by atoms with Gasteiger partial charge >= 0.3 is 0 Å². The summed E-state index contributed by atoms with van der Waals surface area (Å²) in [4.78, 5) is 0. The number of fused-ring (bicyclic) bond motifs is 1. The van der Waals surface area contributed by atoms with Crippen molar-refractivity contribution in [3.05, 3.63) is 53.3 Å². The van der Waals surface area contributed by atoms with E-state index >= 15 is 0 Å². The number of nitrogens with zero attached hydrogens (tertiary/aromatic N) is 3. The quantitative estimate of drug-likeness (QED) is 0.647.